The third kappa shape index (κ3) is 5.38. The Hall–Kier alpha value is -3.98. The number of pyridine rings is 1. The summed E-state index contributed by atoms with van der Waals surface area (Å²) < 4.78 is 32.8. The van der Waals surface area contributed by atoms with Gasteiger partial charge in [-0.3, -0.25) is 9.69 Å². The molecule has 7 nitrogen and oxygen atoms in total. The Balaban J connectivity index is 1.23. The van der Waals surface area contributed by atoms with Crippen LogP contribution in [0, 0.1) is 11.6 Å². The molecule has 3 heterocycles. The maximum atomic E-state index is 14.2. The Morgan fingerprint density at radius 3 is 2.45 bits per heavy atom. The van der Waals surface area contributed by atoms with Gasteiger partial charge < -0.3 is 9.64 Å². The molecule has 2 aliphatic heterocycles. The number of ether oxygens (including phenoxy) is 1. The Morgan fingerprint density at radius 1 is 1.00 bits per heavy atom. The number of likely N-dealkylation sites (tertiary alicyclic amines) is 1. The second kappa shape index (κ2) is 11.6. The van der Waals surface area contributed by atoms with Crippen molar-refractivity contribution in [2.75, 3.05) is 33.3 Å². The van der Waals surface area contributed by atoms with Crippen molar-refractivity contribution in [1.82, 2.24) is 14.8 Å². The Bertz CT molecular complexity index is 1420. The first-order valence-electron chi connectivity index (χ1n) is 13.5. The molecule has 2 aromatic carbocycles. The van der Waals surface area contributed by atoms with Gasteiger partial charge in [0.1, 0.15) is 23.2 Å². The van der Waals surface area contributed by atoms with Crippen LogP contribution in [0.5, 0.6) is 0 Å². The number of rotatable bonds is 8. The van der Waals surface area contributed by atoms with Crippen LogP contribution < -0.4 is 0 Å². The first-order valence-corrected chi connectivity index (χ1v) is 13.5. The van der Waals surface area contributed by atoms with Crippen LogP contribution in [0.25, 0.3) is 0 Å². The predicted octanol–water partition coefficient (Wildman–Crippen LogP) is 4.92. The molecule has 0 N–H and O–H groups in total. The highest BCUT2D eigenvalue weighted by atomic mass is 19.1. The van der Waals surface area contributed by atoms with E-state index in [-0.39, 0.29) is 5.91 Å². The molecule has 1 unspecified atom stereocenters. The Kier molecular flexibility index (Phi) is 8.02. The van der Waals surface area contributed by atoms with Gasteiger partial charge in [0.05, 0.1) is 7.11 Å². The molecule has 1 fully saturated rings. The van der Waals surface area contributed by atoms with Crippen LogP contribution in [0.15, 0.2) is 71.9 Å². The summed E-state index contributed by atoms with van der Waals surface area (Å²) in [7, 11) is 1.35. The van der Waals surface area contributed by atoms with E-state index in [0.717, 1.165) is 44.5 Å². The van der Waals surface area contributed by atoms with E-state index in [4.69, 9.17) is 9.73 Å². The van der Waals surface area contributed by atoms with Gasteiger partial charge in [-0.25, -0.2) is 23.6 Å². The van der Waals surface area contributed by atoms with Gasteiger partial charge in [0.15, 0.2) is 5.54 Å². The zero-order valence-corrected chi connectivity index (χ0v) is 22.6. The lowest BCUT2D eigenvalue weighted by molar-refractivity contribution is -0.130. The number of carbonyl (C=O) groups excluding carboxylic acids is 2. The van der Waals surface area contributed by atoms with Crippen LogP contribution >= 0.6 is 0 Å². The average Bonchev–Trinajstić information content (AvgIpc) is 3.23. The van der Waals surface area contributed by atoms with E-state index in [1.165, 1.54) is 31.4 Å². The fourth-order valence-electron chi connectivity index (χ4n) is 5.76. The van der Waals surface area contributed by atoms with Crippen LogP contribution in [-0.4, -0.2) is 65.8 Å². The quantitative estimate of drug-likeness (QED) is 0.375. The van der Waals surface area contributed by atoms with Crippen molar-refractivity contribution in [2.45, 2.75) is 37.6 Å². The number of aliphatic imine (C=N–C) groups is 1. The van der Waals surface area contributed by atoms with Gasteiger partial charge in [-0.15, -0.1) is 0 Å². The summed E-state index contributed by atoms with van der Waals surface area (Å²) >= 11 is 0. The maximum Gasteiger partial charge on any atom is 0.356 e. The van der Waals surface area contributed by atoms with E-state index < -0.39 is 23.1 Å². The molecule has 1 atom stereocenters. The van der Waals surface area contributed by atoms with Crippen LogP contribution in [0.2, 0.25) is 0 Å². The minimum absolute atomic E-state index is 0.264. The molecule has 1 aromatic heterocycles. The lowest BCUT2D eigenvalue weighted by Crippen LogP contribution is -2.43. The van der Waals surface area contributed by atoms with Crippen molar-refractivity contribution in [3.8, 4) is 0 Å². The number of piperidine rings is 1. The van der Waals surface area contributed by atoms with Gasteiger partial charge in [0, 0.05) is 12.7 Å². The highest BCUT2D eigenvalue weighted by Crippen LogP contribution is 2.40. The molecule has 0 radical (unpaired) electrons. The Morgan fingerprint density at radius 2 is 1.75 bits per heavy atom. The molecule has 0 spiro atoms. The first-order chi connectivity index (χ1) is 19.3. The molecule has 0 aliphatic carbocycles. The van der Waals surface area contributed by atoms with Crippen molar-refractivity contribution in [2.24, 2.45) is 4.99 Å². The van der Waals surface area contributed by atoms with Gasteiger partial charge in [0.25, 0.3) is 5.91 Å². The van der Waals surface area contributed by atoms with Gasteiger partial charge in [-0.2, -0.15) is 0 Å². The zero-order valence-electron chi connectivity index (χ0n) is 22.6. The second-order valence-corrected chi connectivity index (χ2v) is 10.3. The molecule has 1 saturated heterocycles. The summed E-state index contributed by atoms with van der Waals surface area (Å²) in [5.41, 5.74) is 0.884. The first kappa shape index (κ1) is 27.6. The number of amides is 1. The normalized spacial score (nSPS) is 20.1. The summed E-state index contributed by atoms with van der Waals surface area (Å²) in [6.07, 6.45) is 4.32. The predicted molar refractivity (Wildman–Crippen MR) is 147 cm³/mol. The fraction of sp³-hybridized carbons (Fsp3) is 0.355. The molecule has 9 heteroatoms. The summed E-state index contributed by atoms with van der Waals surface area (Å²) in [5, 5.41) is 0. The molecule has 5 rings (SSSR count). The standard InChI is InChI=1S/C31H32F2N4O3/c1-21-35-31(24-7-9-26(32)10-8-24,25-5-3-6-27(33)20-25)30(39)37(21)16-4-15-36-17-12-22(13-18-36)23-11-14-34-28(19-23)29(38)40-2/h3,5-11,14,19-20,22H,4,12-13,15-18H2,1-2H3. The van der Waals surface area contributed by atoms with Gasteiger partial charge in [-0.05, 0) is 105 Å². The third-order valence-electron chi connectivity index (χ3n) is 7.87. The summed E-state index contributed by atoms with van der Waals surface area (Å²) in [4.78, 5) is 38.7. The number of methoxy groups -OCH3 is 1. The Labute approximate surface area is 232 Å². The number of hydrogen-bond acceptors (Lipinski definition) is 6. The highest BCUT2D eigenvalue weighted by Gasteiger charge is 2.50. The number of carbonyl (C=O) groups is 2. The van der Waals surface area contributed by atoms with Crippen molar-refractivity contribution in [3.05, 3.63) is 101 Å². The van der Waals surface area contributed by atoms with Crippen molar-refractivity contribution < 1.29 is 23.1 Å². The largest absolute Gasteiger partial charge is 0.464 e. The van der Waals surface area contributed by atoms with E-state index in [2.05, 4.69) is 9.88 Å². The molecule has 3 aromatic rings. The smallest absolute Gasteiger partial charge is 0.356 e. The van der Waals surface area contributed by atoms with E-state index in [1.807, 2.05) is 12.1 Å². The molecular weight excluding hydrogens is 514 g/mol. The summed E-state index contributed by atoms with van der Waals surface area (Å²) in [5.74, 6) is -0.681. The topological polar surface area (TPSA) is 75.1 Å². The molecule has 40 heavy (non-hydrogen) atoms. The molecular formula is C31H32F2N4O3. The SMILES string of the molecule is COC(=O)c1cc(C2CCN(CCCN3C(=O)C(c4ccc(F)cc4)(c4cccc(F)c4)N=C3C)CC2)ccn1. The van der Waals surface area contributed by atoms with E-state index in [1.54, 1.807) is 42.3 Å². The van der Waals surface area contributed by atoms with E-state index in [9.17, 15) is 18.4 Å². The number of benzene rings is 2. The third-order valence-corrected chi connectivity index (χ3v) is 7.87. The van der Waals surface area contributed by atoms with E-state index >= 15 is 0 Å². The van der Waals surface area contributed by atoms with Crippen LogP contribution in [-0.2, 0) is 15.1 Å². The number of nitrogens with zero attached hydrogens (tertiary/aromatic N) is 4. The molecule has 1 amide bonds. The van der Waals surface area contributed by atoms with Gasteiger partial charge in [0.2, 0.25) is 0 Å². The molecule has 2 aliphatic rings. The number of halogens is 2. The van der Waals surface area contributed by atoms with E-state index in [0.29, 0.717) is 35.1 Å². The number of hydrogen-bond donors (Lipinski definition) is 0. The van der Waals surface area contributed by atoms with Crippen LogP contribution in [0.3, 0.4) is 0 Å². The minimum Gasteiger partial charge on any atom is -0.464 e. The fourth-order valence-corrected chi connectivity index (χ4v) is 5.76. The highest BCUT2D eigenvalue weighted by molar-refractivity contribution is 6.09. The number of amidine groups is 1. The molecule has 208 valence electrons. The number of aromatic nitrogens is 1. The van der Waals surface area contributed by atoms with Gasteiger partial charge in [-0.1, -0.05) is 24.3 Å². The average molecular weight is 547 g/mol. The maximum absolute atomic E-state index is 14.2. The summed E-state index contributed by atoms with van der Waals surface area (Å²) in [6.45, 7) is 4.89. The van der Waals surface area contributed by atoms with Crippen molar-refractivity contribution in [3.63, 3.8) is 0 Å². The van der Waals surface area contributed by atoms with Crippen LogP contribution in [0.4, 0.5) is 8.78 Å². The summed E-state index contributed by atoms with van der Waals surface area (Å²) in [6, 6.07) is 15.3. The van der Waals surface area contributed by atoms with Crippen LogP contribution in [0.1, 0.15) is 59.3 Å². The second-order valence-electron chi connectivity index (χ2n) is 10.3. The zero-order chi connectivity index (χ0) is 28.3. The van der Waals surface area contributed by atoms with Gasteiger partial charge >= 0.3 is 5.97 Å². The lowest BCUT2D eigenvalue weighted by Gasteiger charge is -2.33. The molecule has 0 bridgehead atoms. The lowest BCUT2D eigenvalue weighted by atomic mass is 9.82. The van der Waals surface area contributed by atoms with Crippen molar-refractivity contribution >= 4 is 17.7 Å². The van der Waals surface area contributed by atoms with Crippen molar-refractivity contribution in [1.29, 1.82) is 0 Å². The monoisotopic (exact) mass is 546 g/mol. The number of esters is 1. The molecule has 0 saturated carbocycles. The minimum atomic E-state index is -1.45.